The Bertz CT molecular complexity index is 169. The van der Waals surface area contributed by atoms with Crippen LogP contribution in [0.5, 0.6) is 0 Å². The van der Waals surface area contributed by atoms with Gasteiger partial charge < -0.3 is 10.1 Å². The summed E-state index contributed by atoms with van der Waals surface area (Å²) in [6.45, 7) is 4.55. The predicted molar refractivity (Wildman–Crippen MR) is 73.3 cm³/mol. The molecule has 0 heterocycles. The van der Waals surface area contributed by atoms with E-state index in [0.29, 0.717) is 12.1 Å². The summed E-state index contributed by atoms with van der Waals surface area (Å²) in [5.41, 5.74) is 0. The first-order chi connectivity index (χ1) is 7.76. The minimum absolute atomic E-state index is 0.518. The topological polar surface area (TPSA) is 21.3 Å². The average molecular weight is 245 g/mol. The molecule has 96 valence electrons. The molecule has 3 heteroatoms. The Morgan fingerprint density at radius 1 is 1.31 bits per heavy atom. The molecule has 0 aliphatic heterocycles. The molecule has 1 aliphatic carbocycles. The number of thioether (sulfide) groups is 1. The summed E-state index contributed by atoms with van der Waals surface area (Å²) in [7, 11) is 1.84. The summed E-state index contributed by atoms with van der Waals surface area (Å²) in [5.74, 6) is 2.53. The number of ether oxygens (including phenoxy) is 1. The number of hydrogen-bond acceptors (Lipinski definition) is 3. The second-order valence-electron chi connectivity index (χ2n) is 4.76. The van der Waals surface area contributed by atoms with Crippen LogP contribution in [0.3, 0.4) is 0 Å². The molecule has 0 aromatic carbocycles. The van der Waals surface area contributed by atoms with Gasteiger partial charge in [-0.1, -0.05) is 6.92 Å². The fourth-order valence-corrected chi connectivity index (χ4v) is 3.16. The maximum Gasteiger partial charge on any atom is 0.0572 e. The van der Waals surface area contributed by atoms with Crippen molar-refractivity contribution in [3.8, 4) is 0 Å². The van der Waals surface area contributed by atoms with E-state index in [0.717, 1.165) is 6.04 Å². The molecule has 0 aromatic heterocycles. The monoisotopic (exact) mass is 245 g/mol. The molecule has 1 aliphatic rings. The highest BCUT2D eigenvalue weighted by molar-refractivity contribution is 7.99. The Labute approximate surface area is 105 Å². The van der Waals surface area contributed by atoms with Crippen LogP contribution in [0.4, 0.5) is 0 Å². The molecule has 16 heavy (non-hydrogen) atoms. The van der Waals surface area contributed by atoms with E-state index in [1.165, 1.54) is 43.6 Å². The summed E-state index contributed by atoms with van der Waals surface area (Å²) in [6, 6.07) is 1.40. The van der Waals surface area contributed by atoms with Gasteiger partial charge in [-0.2, -0.15) is 11.8 Å². The van der Waals surface area contributed by atoms with Crippen molar-refractivity contribution < 1.29 is 4.74 Å². The standard InChI is InChI=1S/C13H27NOS/c1-4-16-10-9-11(2)14-12-5-7-13(15-3)8-6-12/h11-14H,4-10H2,1-3H3. The number of rotatable bonds is 7. The first kappa shape index (κ1) is 14.3. The van der Waals surface area contributed by atoms with E-state index < -0.39 is 0 Å². The Kier molecular flexibility index (Phi) is 7.50. The molecule has 1 atom stereocenters. The van der Waals surface area contributed by atoms with E-state index in [1.54, 1.807) is 0 Å². The number of methoxy groups -OCH3 is 1. The highest BCUT2D eigenvalue weighted by Gasteiger charge is 2.21. The molecule has 1 saturated carbocycles. The van der Waals surface area contributed by atoms with Gasteiger partial charge in [0.25, 0.3) is 0 Å². The van der Waals surface area contributed by atoms with Gasteiger partial charge in [0, 0.05) is 19.2 Å². The minimum Gasteiger partial charge on any atom is -0.381 e. The first-order valence-corrected chi connectivity index (χ1v) is 7.78. The van der Waals surface area contributed by atoms with Crippen LogP contribution in [0.25, 0.3) is 0 Å². The highest BCUT2D eigenvalue weighted by Crippen LogP contribution is 2.21. The van der Waals surface area contributed by atoms with E-state index in [9.17, 15) is 0 Å². The molecular weight excluding hydrogens is 218 g/mol. The predicted octanol–water partition coefficient (Wildman–Crippen LogP) is 3.07. The summed E-state index contributed by atoms with van der Waals surface area (Å²) in [4.78, 5) is 0. The SMILES string of the molecule is CCSCCC(C)NC1CCC(OC)CC1. The van der Waals surface area contributed by atoms with E-state index in [4.69, 9.17) is 4.74 Å². The normalized spacial score (nSPS) is 27.9. The fraction of sp³-hybridized carbons (Fsp3) is 1.00. The summed E-state index contributed by atoms with van der Waals surface area (Å²) < 4.78 is 5.39. The van der Waals surface area contributed by atoms with Crippen molar-refractivity contribution in [3.05, 3.63) is 0 Å². The molecule has 1 rings (SSSR count). The Morgan fingerprint density at radius 3 is 2.56 bits per heavy atom. The molecule has 1 unspecified atom stereocenters. The lowest BCUT2D eigenvalue weighted by Gasteiger charge is -2.30. The van der Waals surface area contributed by atoms with Crippen LogP contribution in [0.2, 0.25) is 0 Å². The second kappa shape index (κ2) is 8.37. The number of nitrogens with one attached hydrogen (secondary N) is 1. The van der Waals surface area contributed by atoms with Gasteiger partial charge in [0.1, 0.15) is 0 Å². The van der Waals surface area contributed by atoms with Crippen LogP contribution in [-0.4, -0.2) is 36.8 Å². The third-order valence-corrected chi connectivity index (χ3v) is 4.36. The largest absolute Gasteiger partial charge is 0.381 e. The van der Waals surface area contributed by atoms with E-state index in [1.807, 2.05) is 18.9 Å². The quantitative estimate of drug-likeness (QED) is 0.697. The fourth-order valence-electron chi connectivity index (χ4n) is 2.36. The number of hydrogen-bond donors (Lipinski definition) is 1. The van der Waals surface area contributed by atoms with Crippen LogP contribution in [0.15, 0.2) is 0 Å². The van der Waals surface area contributed by atoms with Crippen LogP contribution < -0.4 is 5.32 Å². The zero-order valence-corrected chi connectivity index (χ0v) is 11.8. The van der Waals surface area contributed by atoms with Crippen LogP contribution in [0, 0.1) is 0 Å². The molecular formula is C13H27NOS. The third kappa shape index (κ3) is 5.55. The average Bonchev–Trinajstić information content (AvgIpc) is 2.30. The summed E-state index contributed by atoms with van der Waals surface area (Å²) in [5, 5.41) is 3.75. The van der Waals surface area contributed by atoms with Crippen LogP contribution in [-0.2, 0) is 4.74 Å². The molecule has 0 aromatic rings. The summed E-state index contributed by atoms with van der Waals surface area (Å²) >= 11 is 2.04. The smallest absolute Gasteiger partial charge is 0.0572 e. The van der Waals surface area contributed by atoms with Gasteiger partial charge in [0.15, 0.2) is 0 Å². The van der Waals surface area contributed by atoms with Crippen molar-refractivity contribution in [2.75, 3.05) is 18.6 Å². The Balaban J connectivity index is 2.08. The van der Waals surface area contributed by atoms with Gasteiger partial charge in [-0.25, -0.2) is 0 Å². The molecule has 0 radical (unpaired) electrons. The van der Waals surface area contributed by atoms with Crippen LogP contribution in [0.1, 0.15) is 46.0 Å². The Hall–Kier alpha value is 0.270. The van der Waals surface area contributed by atoms with Gasteiger partial charge in [0.2, 0.25) is 0 Å². The Morgan fingerprint density at radius 2 is 2.00 bits per heavy atom. The van der Waals surface area contributed by atoms with Crippen molar-refractivity contribution in [3.63, 3.8) is 0 Å². The van der Waals surface area contributed by atoms with Gasteiger partial charge in [-0.3, -0.25) is 0 Å². The second-order valence-corrected chi connectivity index (χ2v) is 6.16. The van der Waals surface area contributed by atoms with Crippen molar-refractivity contribution >= 4 is 11.8 Å². The van der Waals surface area contributed by atoms with Crippen LogP contribution >= 0.6 is 11.8 Å². The van der Waals surface area contributed by atoms with Gasteiger partial charge in [-0.05, 0) is 50.5 Å². The molecule has 0 spiro atoms. The van der Waals surface area contributed by atoms with Crippen molar-refractivity contribution in [1.82, 2.24) is 5.32 Å². The van der Waals surface area contributed by atoms with E-state index in [2.05, 4.69) is 19.2 Å². The minimum atomic E-state index is 0.518. The lowest BCUT2D eigenvalue weighted by atomic mass is 9.92. The highest BCUT2D eigenvalue weighted by atomic mass is 32.2. The zero-order valence-electron chi connectivity index (χ0n) is 11.0. The first-order valence-electron chi connectivity index (χ1n) is 6.62. The lowest BCUT2D eigenvalue weighted by Crippen LogP contribution is -2.40. The van der Waals surface area contributed by atoms with Gasteiger partial charge >= 0.3 is 0 Å². The zero-order chi connectivity index (χ0) is 11.8. The van der Waals surface area contributed by atoms with Crippen molar-refractivity contribution in [2.24, 2.45) is 0 Å². The van der Waals surface area contributed by atoms with E-state index in [-0.39, 0.29) is 0 Å². The third-order valence-electron chi connectivity index (χ3n) is 3.43. The molecule has 2 nitrogen and oxygen atoms in total. The van der Waals surface area contributed by atoms with Gasteiger partial charge in [-0.15, -0.1) is 0 Å². The van der Waals surface area contributed by atoms with Crippen molar-refractivity contribution in [2.45, 2.75) is 64.1 Å². The lowest BCUT2D eigenvalue weighted by molar-refractivity contribution is 0.0613. The maximum atomic E-state index is 5.39. The molecule has 0 bridgehead atoms. The summed E-state index contributed by atoms with van der Waals surface area (Å²) in [6.07, 6.45) is 6.83. The molecule has 0 saturated heterocycles. The van der Waals surface area contributed by atoms with Crippen molar-refractivity contribution in [1.29, 1.82) is 0 Å². The molecule has 0 amide bonds. The molecule has 1 fully saturated rings. The van der Waals surface area contributed by atoms with Gasteiger partial charge in [0.05, 0.1) is 6.10 Å². The molecule has 1 N–H and O–H groups in total. The van der Waals surface area contributed by atoms with E-state index >= 15 is 0 Å². The maximum absolute atomic E-state index is 5.39.